The van der Waals surface area contributed by atoms with Crippen molar-refractivity contribution in [2.45, 2.75) is 32.1 Å². The minimum absolute atomic E-state index is 0.0896. The van der Waals surface area contributed by atoms with E-state index in [4.69, 9.17) is 9.94 Å². The second-order valence-electron chi connectivity index (χ2n) is 6.40. The summed E-state index contributed by atoms with van der Waals surface area (Å²) in [6.45, 7) is 3.24. The third kappa shape index (κ3) is 5.55. The van der Waals surface area contributed by atoms with E-state index in [1.165, 1.54) is 0 Å². The van der Waals surface area contributed by atoms with Crippen molar-refractivity contribution >= 4 is 17.8 Å². The molecule has 0 spiro atoms. The van der Waals surface area contributed by atoms with E-state index in [-0.39, 0.29) is 6.42 Å². The number of hydroxylamine groups is 2. The van der Waals surface area contributed by atoms with Crippen molar-refractivity contribution < 1.29 is 29.4 Å². The predicted octanol–water partition coefficient (Wildman–Crippen LogP) is 1.98. The number of carbonyl (C=O) groups excluding carboxylic acids is 2. The van der Waals surface area contributed by atoms with Gasteiger partial charge in [0.25, 0.3) is 11.8 Å². The third-order valence-corrected chi connectivity index (χ3v) is 4.37. The number of nitrogens with one attached hydrogen (secondary N) is 1. The molecule has 1 fully saturated rings. The molecule has 1 aliphatic heterocycles. The Morgan fingerprint density at radius 3 is 2.63 bits per heavy atom. The highest BCUT2D eigenvalue weighted by atomic mass is 16.7. The van der Waals surface area contributed by atoms with Crippen LogP contribution >= 0.6 is 0 Å². The lowest BCUT2D eigenvalue weighted by molar-refractivity contribution is -0.177. The molecule has 1 aliphatic carbocycles. The van der Waals surface area contributed by atoms with E-state index < -0.39 is 35.7 Å². The van der Waals surface area contributed by atoms with E-state index in [9.17, 15) is 19.5 Å². The first kappa shape index (κ1) is 20.4. The highest BCUT2D eigenvalue weighted by Gasteiger charge is 2.36. The summed E-state index contributed by atoms with van der Waals surface area (Å²) < 4.78 is 0. The molecular formula is C19H24N2O6. The zero-order valence-corrected chi connectivity index (χ0v) is 15.0. The maximum absolute atomic E-state index is 12.8. The Morgan fingerprint density at radius 2 is 2.00 bits per heavy atom. The lowest BCUT2D eigenvalue weighted by Gasteiger charge is -2.30. The molecule has 0 aromatic heterocycles. The van der Waals surface area contributed by atoms with Gasteiger partial charge in [-0.3, -0.25) is 19.2 Å². The van der Waals surface area contributed by atoms with Gasteiger partial charge >= 0.3 is 5.97 Å². The lowest BCUT2D eigenvalue weighted by Crippen LogP contribution is -2.43. The number of carbonyl (C=O) groups is 3. The summed E-state index contributed by atoms with van der Waals surface area (Å²) in [5, 5.41) is 22.0. The second-order valence-corrected chi connectivity index (χ2v) is 6.40. The molecular weight excluding hydrogens is 352 g/mol. The molecule has 0 radical (unpaired) electrons. The normalized spacial score (nSPS) is 19.9. The van der Waals surface area contributed by atoms with Crippen LogP contribution in [0.3, 0.4) is 0 Å². The van der Waals surface area contributed by atoms with Crippen LogP contribution in [0, 0.1) is 5.92 Å². The molecule has 2 amide bonds. The molecule has 8 nitrogen and oxygen atoms in total. The van der Waals surface area contributed by atoms with Crippen molar-refractivity contribution in [3.05, 3.63) is 47.9 Å². The summed E-state index contributed by atoms with van der Waals surface area (Å²) in [4.78, 5) is 41.2. The SMILES string of the molecule is C=C/C=C\C=C1/CC(O)=C(C(=O)NCC(=O)O)C(=O)N1OCC1CCCC1. The highest BCUT2D eigenvalue weighted by Crippen LogP contribution is 2.29. The molecule has 0 saturated heterocycles. The summed E-state index contributed by atoms with van der Waals surface area (Å²) in [7, 11) is 0. The van der Waals surface area contributed by atoms with Crippen LogP contribution in [-0.4, -0.2) is 46.2 Å². The molecule has 2 rings (SSSR count). The van der Waals surface area contributed by atoms with Gasteiger partial charge in [-0.25, -0.2) is 0 Å². The molecule has 1 saturated carbocycles. The Labute approximate surface area is 157 Å². The van der Waals surface area contributed by atoms with Crippen LogP contribution in [0.5, 0.6) is 0 Å². The smallest absolute Gasteiger partial charge is 0.322 e. The zero-order chi connectivity index (χ0) is 19.8. The average molecular weight is 376 g/mol. The van der Waals surface area contributed by atoms with Gasteiger partial charge in [0.05, 0.1) is 12.3 Å². The largest absolute Gasteiger partial charge is 0.511 e. The number of aliphatic hydroxyl groups is 1. The number of hydrogen-bond donors (Lipinski definition) is 3. The van der Waals surface area contributed by atoms with Gasteiger partial charge in [0.1, 0.15) is 17.9 Å². The van der Waals surface area contributed by atoms with Crippen molar-refractivity contribution in [1.29, 1.82) is 0 Å². The molecule has 3 N–H and O–H groups in total. The first-order valence-corrected chi connectivity index (χ1v) is 8.81. The van der Waals surface area contributed by atoms with Crippen molar-refractivity contribution in [3.63, 3.8) is 0 Å². The molecule has 8 heteroatoms. The van der Waals surface area contributed by atoms with Crippen LogP contribution in [0.4, 0.5) is 0 Å². The number of aliphatic carboxylic acids is 1. The van der Waals surface area contributed by atoms with Crippen LogP contribution in [0.2, 0.25) is 0 Å². The van der Waals surface area contributed by atoms with Gasteiger partial charge < -0.3 is 15.5 Å². The summed E-state index contributed by atoms with van der Waals surface area (Å²) >= 11 is 0. The van der Waals surface area contributed by atoms with E-state index >= 15 is 0 Å². The van der Waals surface area contributed by atoms with E-state index in [1.54, 1.807) is 24.3 Å². The summed E-state index contributed by atoms with van der Waals surface area (Å²) in [6.07, 6.45) is 10.6. The van der Waals surface area contributed by atoms with E-state index in [0.29, 0.717) is 18.2 Å². The number of carboxylic acid groups (broad SMARTS) is 1. The van der Waals surface area contributed by atoms with E-state index in [0.717, 1.165) is 30.7 Å². The predicted molar refractivity (Wildman–Crippen MR) is 97.1 cm³/mol. The molecule has 0 aromatic carbocycles. The van der Waals surface area contributed by atoms with E-state index in [1.807, 2.05) is 0 Å². The standard InChI is InChI=1S/C19H24N2O6/c1-2-3-4-9-14-10-15(22)17(18(25)20-11-16(23)24)19(26)21(14)27-12-13-7-5-6-8-13/h2-4,9,13,22H,1,5-8,10-12H2,(H,20,25)(H,23,24)/b4-3-,14-9+. The number of rotatable bonds is 8. The maximum atomic E-state index is 12.8. The number of aliphatic hydroxyl groups excluding tert-OH is 1. The number of allylic oxidation sites excluding steroid dienone is 4. The van der Waals surface area contributed by atoms with Crippen molar-refractivity contribution in [3.8, 4) is 0 Å². The Bertz CT molecular complexity index is 701. The Kier molecular flexibility index (Phi) is 7.36. The van der Waals surface area contributed by atoms with Crippen LogP contribution in [0.15, 0.2) is 47.9 Å². The molecule has 0 atom stereocenters. The molecule has 27 heavy (non-hydrogen) atoms. The van der Waals surface area contributed by atoms with Gasteiger partial charge in [-0.05, 0) is 24.8 Å². The number of carboxylic acids is 1. The average Bonchev–Trinajstić information content (AvgIpc) is 3.13. The van der Waals surface area contributed by atoms with Crippen LogP contribution in [-0.2, 0) is 19.2 Å². The van der Waals surface area contributed by atoms with E-state index in [2.05, 4.69) is 11.9 Å². The maximum Gasteiger partial charge on any atom is 0.322 e. The summed E-state index contributed by atoms with van der Waals surface area (Å²) in [6, 6.07) is 0. The molecule has 0 unspecified atom stereocenters. The van der Waals surface area contributed by atoms with Gasteiger partial charge in [-0.15, -0.1) is 0 Å². The van der Waals surface area contributed by atoms with Crippen molar-refractivity contribution in [2.24, 2.45) is 5.92 Å². The van der Waals surface area contributed by atoms with Crippen molar-refractivity contribution in [2.75, 3.05) is 13.2 Å². The Balaban J connectivity index is 2.22. The minimum Gasteiger partial charge on any atom is -0.511 e. The Hall–Kier alpha value is -2.87. The summed E-state index contributed by atoms with van der Waals surface area (Å²) in [5.74, 6) is -3.11. The monoisotopic (exact) mass is 376 g/mol. The Morgan fingerprint density at radius 1 is 1.30 bits per heavy atom. The third-order valence-electron chi connectivity index (χ3n) is 4.37. The van der Waals surface area contributed by atoms with Gasteiger partial charge in [0.2, 0.25) is 0 Å². The minimum atomic E-state index is -1.25. The van der Waals surface area contributed by atoms with Gasteiger partial charge in [-0.2, -0.15) is 5.06 Å². The molecule has 2 aliphatic rings. The fraction of sp³-hybridized carbons (Fsp3) is 0.421. The van der Waals surface area contributed by atoms with Crippen LogP contribution in [0.25, 0.3) is 0 Å². The zero-order valence-electron chi connectivity index (χ0n) is 15.0. The number of nitrogens with zero attached hydrogens (tertiary/aromatic N) is 1. The topological polar surface area (TPSA) is 116 Å². The quantitative estimate of drug-likeness (QED) is 0.441. The fourth-order valence-corrected chi connectivity index (χ4v) is 3.03. The van der Waals surface area contributed by atoms with Gasteiger partial charge in [-0.1, -0.05) is 37.6 Å². The lowest BCUT2D eigenvalue weighted by atomic mass is 10.0. The molecule has 0 bridgehead atoms. The van der Waals surface area contributed by atoms with Crippen LogP contribution in [0.1, 0.15) is 32.1 Å². The van der Waals surface area contributed by atoms with Crippen molar-refractivity contribution in [1.82, 2.24) is 10.4 Å². The number of hydrogen-bond acceptors (Lipinski definition) is 5. The first-order chi connectivity index (χ1) is 12.9. The summed E-state index contributed by atoms with van der Waals surface area (Å²) in [5.41, 5.74) is -0.129. The van der Waals surface area contributed by atoms with Crippen LogP contribution < -0.4 is 5.32 Å². The highest BCUT2D eigenvalue weighted by molar-refractivity contribution is 6.19. The van der Waals surface area contributed by atoms with Gasteiger partial charge in [0, 0.05) is 6.42 Å². The molecule has 1 heterocycles. The van der Waals surface area contributed by atoms with Gasteiger partial charge in [0.15, 0.2) is 0 Å². The second kappa shape index (κ2) is 9.72. The molecule has 0 aromatic rings. The first-order valence-electron chi connectivity index (χ1n) is 8.81. The number of amides is 2. The fourth-order valence-electron chi connectivity index (χ4n) is 3.03. The molecule has 146 valence electrons.